The van der Waals surface area contributed by atoms with Gasteiger partial charge in [0.05, 0.1) is 17.6 Å². The van der Waals surface area contributed by atoms with Crippen molar-refractivity contribution in [1.82, 2.24) is 4.72 Å². The molecule has 1 aromatic rings. The molecule has 1 atom stereocenters. The second-order valence-corrected chi connectivity index (χ2v) is 6.28. The van der Waals surface area contributed by atoms with Crippen molar-refractivity contribution in [3.05, 3.63) is 24.3 Å². The van der Waals surface area contributed by atoms with E-state index in [2.05, 4.69) is 4.72 Å². The third kappa shape index (κ3) is 6.43. The van der Waals surface area contributed by atoms with Crippen molar-refractivity contribution in [2.75, 3.05) is 26.4 Å². The Labute approximate surface area is 126 Å². The molecule has 0 radical (unpaired) electrons. The summed E-state index contributed by atoms with van der Waals surface area (Å²) in [5, 5.41) is 8.66. The quantitative estimate of drug-likeness (QED) is 0.632. The van der Waals surface area contributed by atoms with Gasteiger partial charge < -0.3 is 14.6 Å². The van der Waals surface area contributed by atoms with Gasteiger partial charge in [0.2, 0.25) is 10.0 Å². The van der Waals surface area contributed by atoms with E-state index in [1.54, 1.807) is 12.1 Å². The van der Waals surface area contributed by atoms with Crippen LogP contribution in [0.15, 0.2) is 29.2 Å². The highest BCUT2D eigenvalue weighted by Gasteiger charge is 2.15. The molecule has 1 aromatic carbocycles. The van der Waals surface area contributed by atoms with Crippen molar-refractivity contribution in [2.45, 2.75) is 31.3 Å². The molecule has 0 amide bonds. The number of nitrogens with one attached hydrogen (secondary N) is 1. The summed E-state index contributed by atoms with van der Waals surface area (Å²) in [6.07, 6.45) is 0.363. The van der Waals surface area contributed by atoms with Crippen LogP contribution in [-0.4, -0.2) is 46.0 Å². The first-order chi connectivity index (χ1) is 9.99. The largest absolute Gasteiger partial charge is 0.494 e. The molecule has 6 nitrogen and oxygen atoms in total. The van der Waals surface area contributed by atoms with E-state index in [1.807, 2.05) is 13.8 Å². The minimum atomic E-state index is -3.54. The average Bonchev–Trinajstić information content (AvgIpc) is 2.46. The maximum absolute atomic E-state index is 12.1. The number of ether oxygens (including phenoxy) is 2. The zero-order chi connectivity index (χ0) is 15.7. The predicted octanol–water partition coefficient (Wildman–Crippen LogP) is 1.15. The normalized spacial score (nSPS) is 13.1. The third-order valence-corrected chi connectivity index (χ3v) is 4.16. The highest BCUT2D eigenvalue weighted by Crippen LogP contribution is 2.16. The molecule has 0 heterocycles. The number of rotatable bonds is 10. The molecule has 0 aliphatic heterocycles. The molecule has 1 rings (SSSR count). The van der Waals surface area contributed by atoms with Crippen molar-refractivity contribution in [3.8, 4) is 5.75 Å². The molecule has 2 N–H and O–H groups in total. The Morgan fingerprint density at radius 1 is 1.29 bits per heavy atom. The van der Waals surface area contributed by atoms with Gasteiger partial charge in [-0.3, -0.25) is 0 Å². The highest BCUT2D eigenvalue weighted by molar-refractivity contribution is 7.89. The number of hydrogen-bond donors (Lipinski definition) is 2. The van der Waals surface area contributed by atoms with E-state index in [0.29, 0.717) is 25.4 Å². The van der Waals surface area contributed by atoms with Crippen LogP contribution in [0.3, 0.4) is 0 Å². The lowest BCUT2D eigenvalue weighted by Crippen LogP contribution is -2.32. The Hall–Kier alpha value is -1.15. The molecule has 0 saturated heterocycles. The minimum absolute atomic E-state index is 0.0639. The first-order valence-electron chi connectivity index (χ1n) is 6.94. The Balaban J connectivity index is 2.58. The minimum Gasteiger partial charge on any atom is -0.494 e. The molecule has 120 valence electrons. The van der Waals surface area contributed by atoms with E-state index in [9.17, 15) is 8.42 Å². The molecule has 7 heteroatoms. The summed E-state index contributed by atoms with van der Waals surface area (Å²) < 4.78 is 37.3. The summed E-state index contributed by atoms with van der Waals surface area (Å²) in [6.45, 7) is 4.90. The molecule has 0 saturated carbocycles. The van der Waals surface area contributed by atoms with Crippen LogP contribution in [-0.2, 0) is 14.8 Å². The van der Waals surface area contributed by atoms with Crippen LogP contribution < -0.4 is 9.46 Å². The van der Waals surface area contributed by atoms with Gasteiger partial charge in [-0.2, -0.15) is 0 Å². The summed E-state index contributed by atoms with van der Waals surface area (Å²) in [4.78, 5) is 0.181. The van der Waals surface area contributed by atoms with E-state index in [-0.39, 0.29) is 24.2 Å². The smallest absolute Gasteiger partial charge is 0.240 e. The van der Waals surface area contributed by atoms with Gasteiger partial charge >= 0.3 is 0 Å². The Morgan fingerprint density at radius 3 is 2.52 bits per heavy atom. The number of aliphatic hydroxyl groups excluding tert-OH is 1. The maximum Gasteiger partial charge on any atom is 0.240 e. The topological polar surface area (TPSA) is 84.9 Å². The van der Waals surface area contributed by atoms with Gasteiger partial charge in [0.15, 0.2) is 0 Å². The molecule has 0 spiro atoms. The summed E-state index contributed by atoms with van der Waals surface area (Å²) in [5.74, 6) is 0.574. The number of sulfonamides is 1. The second kappa shape index (κ2) is 8.99. The van der Waals surface area contributed by atoms with E-state index in [1.165, 1.54) is 12.1 Å². The van der Waals surface area contributed by atoms with Crippen LogP contribution in [0.2, 0.25) is 0 Å². The van der Waals surface area contributed by atoms with Crippen LogP contribution in [0.25, 0.3) is 0 Å². The van der Waals surface area contributed by atoms with E-state index >= 15 is 0 Å². The van der Waals surface area contributed by atoms with Gasteiger partial charge in [0, 0.05) is 26.2 Å². The molecule has 0 aromatic heterocycles. The zero-order valence-corrected chi connectivity index (χ0v) is 13.2. The van der Waals surface area contributed by atoms with Crippen molar-refractivity contribution in [3.63, 3.8) is 0 Å². The fraction of sp³-hybridized carbons (Fsp3) is 0.571. The van der Waals surface area contributed by atoms with Crippen LogP contribution in [0.1, 0.15) is 20.3 Å². The van der Waals surface area contributed by atoms with Crippen molar-refractivity contribution < 1.29 is 23.0 Å². The fourth-order valence-electron chi connectivity index (χ4n) is 1.62. The predicted molar refractivity (Wildman–Crippen MR) is 79.9 cm³/mol. The van der Waals surface area contributed by atoms with Gasteiger partial charge in [-0.05, 0) is 38.1 Å². The SMILES string of the molecule is CCOC(C)CNS(=O)(=O)c1ccc(OCCCO)cc1. The first kappa shape index (κ1) is 17.9. The number of aliphatic hydroxyl groups is 1. The molecular weight excluding hydrogens is 294 g/mol. The van der Waals surface area contributed by atoms with E-state index in [4.69, 9.17) is 14.6 Å². The third-order valence-electron chi connectivity index (χ3n) is 2.72. The van der Waals surface area contributed by atoms with Crippen LogP contribution in [0.4, 0.5) is 0 Å². The van der Waals surface area contributed by atoms with Crippen molar-refractivity contribution in [2.24, 2.45) is 0 Å². The summed E-state index contributed by atoms with van der Waals surface area (Å²) in [5.41, 5.74) is 0. The Bertz CT molecular complexity index is 501. The van der Waals surface area contributed by atoms with Gasteiger partial charge in [0.25, 0.3) is 0 Å². The first-order valence-corrected chi connectivity index (χ1v) is 8.43. The van der Waals surface area contributed by atoms with Crippen molar-refractivity contribution >= 4 is 10.0 Å². The summed E-state index contributed by atoms with van der Waals surface area (Å²) in [6, 6.07) is 6.17. The Kier molecular flexibility index (Phi) is 7.66. The van der Waals surface area contributed by atoms with Gasteiger partial charge in [0.1, 0.15) is 5.75 Å². The monoisotopic (exact) mass is 317 g/mol. The van der Waals surface area contributed by atoms with Gasteiger partial charge in [-0.15, -0.1) is 0 Å². The van der Waals surface area contributed by atoms with E-state index < -0.39 is 10.0 Å². The Morgan fingerprint density at radius 2 is 1.95 bits per heavy atom. The number of benzene rings is 1. The molecule has 1 unspecified atom stereocenters. The van der Waals surface area contributed by atoms with Gasteiger partial charge in [-0.1, -0.05) is 0 Å². The second-order valence-electron chi connectivity index (χ2n) is 4.51. The maximum atomic E-state index is 12.1. The molecule has 21 heavy (non-hydrogen) atoms. The lowest BCUT2D eigenvalue weighted by atomic mass is 10.3. The summed E-state index contributed by atoms with van der Waals surface area (Å²) in [7, 11) is -3.54. The van der Waals surface area contributed by atoms with Crippen LogP contribution in [0.5, 0.6) is 5.75 Å². The van der Waals surface area contributed by atoms with Gasteiger partial charge in [-0.25, -0.2) is 13.1 Å². The molecule has 0 aliphatic carbocycles. The molecule has 0 fully saturated rings. The molecular formula is C14H23NO5S. The average molecular weight is 317 g/mol. The van der Waals surface area contributed by atoms with Crippen molar-refractivity contribution in [1.29, 1.82) is 0 Å². The standard InChI is InChI=1S/C14H23NO5S/c1-3-19-12(2)11-15-21(17,18)14-7-5-13(6-8-14)20-10-4-9-16/h5-8,12,15-16H,3-4,9-11H2,1-2H3. The lowest BCUT2D eigenvalue weighted by molar-refractivity contribution is 0.0799. The molecule has 0 bridgehead atoms. The zero-order valence-electron chi connectivity index (χ0n) is 12.4. The van der Waals surface area contributed by atoms with Crippen LogP contribution in [0, 0.1) is 0 Å². The fourth-order valence-corrected chi connectivity index (χ4v) is 2.74. The summed E-state index contributed by atoms with van der Waals surface area (Å²) >= 11 is 0. The lowest BCUT2D eigenvalue weighted by Gasteiger charge is -2.13. The molecule has 0 aliphatic rings. The van der Waals surface area contributed by atoms with Crippen LogP contribution >= 0.6 is 0 Å². The highest BCUT2D eigenvalue weighted by atomic mass is 32.2. The number of hydrogen-bond acceptors (Lipinski definition) is 5. The van der Waals surface area contributed by atoms with E-state index in [0.717, 1.165) is 0 Å².